The van der Waals surface area contributed by atoms with Crippen LogP contribution in [0, 0.1) is 12.7 Å². The molecule has 0 atom stereocenters. The van der Waals surface area contributed by atoms with E-state index in [0.717, 1.165) is 9.54 Å². The predicted octanol–water partition coefficient (Wildman–Crippen LogP) is 5.53. The molecule has 10 heteroatoms. The third-order valence-corrected chi connectivity index (χ3v) is 8.51. The standard InChI is InChI=1S/C32H30FN3O5S/c1-3-40-30(37)17-22-7-4-5-10-29(22)41-20-24-18-28(26-9-6-8-23(19-34)31(26)33)27-15-16-36(32(27)35-24)42(38,39)25-13-11-21(2)12-14-25/h4-16,18H,3,17,19-20,34H2,1-2H3. The molecule has 0 unspecified atom stereocenters. The van der Waals surface area contributed by atoms with Crippen molar-refractivity contribution >= 4 is 27.0 Å². The van der Waals surface area contributed by atoms with E-state index in [2.05, 4.69) is 4.98 Å². The monoisotopic (exact) mass is 587 g/mol. The van der Waals surface area contributed by atoms with Gasteiger partial charge in [-0.05, 0) is 49.7 Å². The van der Waals surface area contributed by atoms with Gasteiger partial charge in [-0.25, -0.2) is 21.8 Å². The summed E-state index contributed by atoms with van der Waals surface area (Å²) < 4.78 is 55.2. The van der Waals surface area contributed by atoms with E-state index in [9.17, 15) is 13.2 Å². The Kier molecular flexibility index (Phi) is 8.37. The molecular formula is C32H30FN3O5S. The lowest BCUT2D eigenvalue weighted by molar-refractivity contribution is -0.142. The topological polar surface area (TPSA) is 114 Å². The van der Waals surface area contributed by atoms with E-state index in [1.165, 1.54) is 18.3 Å². The van der Waals surface area contributed by atoms with Crippen LogP contribution in [-0.4, -0.2) is 30.0 Å². The number of halogens is 1. The first-order chi connectivity index (χ1) is 20.2. The van der Waals surface area contributed by atoms with E-state index in [1.54, 1.807) is 73.7 Å². The van der Waals surface area contributed by atoms with Gasteiger partial charge in [-0.2, -0.15) is 0 Å². The molecular weight excluding hydrogens is 557 g/mol. The van der Waals surface area contributed by atoms with Crippen molar-refractivity contribution < 1.29 is 27.1 Å². The highest BCUT2D eigenvalue weighted by Crippen LogP contribution is 2.34. The minimum absolute atomic E-state index is 0.00390. The Balaban J connectivity index is 1.62. The number of esters is 1. The van der Waals surface area contributed by atoms with Gasteiger partial charge in [0, 0.05) is 34.8 Å². The van der Waals surface area contributed by atoms with Crippen molar-refractivity contribution in [2.24, 2.45) is 5.73 Å². The van der Waals surface area contributed by atoms with Crippen molar-refractivity contribution in [1.82, 2.24) is 8.96 Å². The smallest absolute Gasteiger partial charge is 0.310 e. The number of pyridine rings is 1. The summed E-state index contributed by atoms with van der Waals surface area (Å²) in [6, 6.07) is 21.8. The Hall–Kier alpha value is -4.54. The summed E-state index contributed by atoms with van der Waals surface area (Å²) in [7, 11) is -4.02. The van der Waals surface area contributed by atoms with Gasteiger partial charge in [0.25, 0.3) is 10.0 Å². The van der Waals surface area contributed by atoms with Crippen LogP contribution in [0.25, 0.3) is 22.2 Å². The fraction of sp³-hybridized carbons (Fsp3) is 0.188. The van der Waals surface area contributed by atoms with Crippen molar-refractivity contribution in [3.8, 4) is 16.9 Å². The molecule has 216 valence electrons. The zero-order chi connectivity index (χ0) is 29.9. The lowest BCUT2D eigenvalue weighted by Gasteiger charge is -2.14. The summed E-state index contributed by atoms with van der Waals surface area (Å²) in [5.74, 6) is -0.425. The molecule has 0 spiro atoms. The van der Waals surface area contributed by atoms with E-state index in [1.807, 2.05) is 6.92 Å². The third kappa shape index (κ3) is 5.77. The fourth-order valence-electron chi connectivity index (χ4n) is 4.71. The summed E-state index contributed by atoms with van der Waals surface area (Å²) in [5, 5.41) is 0.449. The van der Waals surface area contributed by atoms with Gasteiger partial charge >= 0.3 is 5.97 Å². The number of aryl methyl sites for hydroxylation is 1. The van der Waals surface area contributed by atoms with Crippen LogP contribution in [0.4, 0.5) is 4.39 Å². The number of fused-ring (bicyclic) bond motifs is 1. The molecule has 0 aliphatic heterocycles. The molecule has 0 saturated carbocycles. The van der Waals surface area contributed by atoms with Gasteiger partial charge in [-0.15, -0.1) is 0 Å². The minimum atomic E-state index is -4.02. The van der Waals surface area contributed by atoms with Crippen LogP contribution in [-0.2, 0) is 39.1 Å². The van der Waals surface area contributed by atoms with Gasteiger partial charge in [-0.3, -0.25) is 4.79 Å². The zero-order valence-electron chi connectivity index (χ0n) is 23.2. The summed E-state index contributed by atoms with van der Waals surface area (Å²) in [5.41, 5.74) is 8.85. The number of carbonyl (C=O) groups excluding carboxylic acids is 1. The Bertz CT molecular complexity index is 1870. The Morgan fingerprint density at radius 1 is 0.976 bits per heavy atom. The lowest BCUT2D eigenvalue weighted by Crippen LogP contribution is -2.13. The SMILES string of the molecule is CCOC(=O)Cc1ccccc1OCc1cc(-c2cccc(CN)c2F)c2ccn(S(=O)(=O)c3ccc(C)cc3)c2n1. The van der Waals surface area contributed by atoms with Crippen LogP contribution in [0.5, 0.6) is 5.75 Å². The summed E-state index contributed by atoms with van der Waals surface area (Å²) >= 11 is 0. The lowest BCUT2D eigenvalue weighted by atomic mass is 9.99. The maximum absolute atomic E-state index is 15.5. The molecule has 3 aromatic carbocycles. The molecule has 0 aliphatic rings. The van der Waals surface area contributed by atoms with Gasteiger partial charge in [-0.1, -0.05) is 54.1 Å². The van der Waals surface area contributed by atoms with E-state index in [0.29, 0.717) is 33.5 Å². The van der Waals surface area contributed by atoms with Crippen molar-refractivity contribution in [3.63, 3.8) is 0 Å². The van der Waals surface area contributed by atoms with Crippen LogP contribution >= 0.6 is 0 Å². The van der Waals surface area contributed by atoms with E-state index in [4.69, 9.17) is 15.2 Å². The van der Waals surface area contributed by atoms with Crippen LogP contribution in [0.3, 0.4) is 0 Å². The summed E-state index contributed by atoms with van der Waals surface area (Å²) in [6.45, 7) is 3.80. The normalized spacial score (nSPS) is 11.5. The average molecular weight is 588 g/mol. The van der Waals surface area contributed by atoms with Crippen molar-refractivity contribution in [3.05, 3.63) is 113 Å². The maximum atomic E-state index is 15.5. The number of nitrogens with two attached hydrogens (primary N) is 1. The molecule has 42 heavy (non-hydrogen) atoms. The highest BCUT2D eigenvalue weighted by Gasteiger charge is 2.23. The third-order valence-electron chi connectivity index (χ3n) is 6.83. The molecule has 0 saturated heterocycles. The quantitative estimate of drug-likeness (QED) is 0.214. The Labute approximate surface area is 243 Å². The second-order valence-corrected chi connectivity index (χ2v) is 11.5. The van der Waals surface area contributed by atoms with Crippen molar-refractivity contribution in [1.29, 1.82) is 0 Å². The van der Waals surface area contributed by atoms with Gasteiger partial charge in [0.1, 0.15) is 18.2 Å². The molecule has 2 aromatic heterocycles. The van der Waals surface area contributed by atoms with Gasteiger partial charge in [0.15, 0.2) is 5.65 Å². The van der Waals surface area contributed by atoms with Crippen LogP contribution in [0.2, 0.25) is 0 Å². The van der Waals surface area contributed by atoms with Crippen LogP contribution in [0.15, 0.2) is 90.0 Å². The summed E-state index contributed by atoms with van der Waals surface area (Å²) in [6.07, 6.45) is 1.44. The highest BCUT2D eigenvalue weighted by molar-refractivity contribution is 7.90. The van der Waals surface area contributed by atoms with E-state index in [-0.39, 0.29) is 48.3 Å². The fourth-order valence-corrected chi connectivity index (χ4v) is 6.00. The zero-order valence-corrected chi connectivity index (χ0v) is 24.0. The Morgan fingerprint density at radius 3 is 2.45 bits per heavy atom. The number of nitrogens with zero attached hydrogens (tertiary/aromatic N) is 2. The van der Waals surface area contributed by atoms with Crippen LogP contribution < -0.4 is 10.5 Å². The molecule has 0 fully saturated rings. The molecule has 5 aromatic rings. The average Bonchev–Trinajstić information content (AvgIpc) is 3.42. The van der Waals surface area contributed by atoms with Crippen molar-refractivity contribution in [2.75, 3.05) is 6.61 Å². The highest BCUT2D eigenvalue weighted by atomic mass is 32.2. The number of ether oxygens (including phenoxy) is 2. The summed E-state index contributed by atoms with van der Waals surface area (Å²) in [4.78, 5) is 16.9. The maximum Gasteiger partial charge on any atom is 0.310 e. The van der Waals surface area contributed by atoms with Gasteiger partial charge < -0.3 is 15.2 Å². The first kappa shape index (κ1) is 29.0. The molecule has 0 aliphatic carbocycles. The molecule has 2 N–H and O–H groups in total. The Morgan fingerprint density at radius 2 is 1.71 bits per heavy atom. The molecule has 2 heterocycles. The molecule has 0 amide bonds. The molecule has 8 nitrogen and oxygen atoms in total. The number of rotatable bonds is 10. The van der Waals surface area contributed by atoms with Crippen LogP contribution in [0.1, 0.15) is 29.3 Å². The first-order valence-electron chi connectivity index (χ1n) is 13.4. The second-order valence-electron chi connectivity index (χ2n) is 9.69. The van der Waals surface area contributed by atoms with E-state index >= 15 is 4.39 Å². The number of aromatic nitrogens is 2. The minimum Gasteiger partial charge on any atom is -0.487 e. The van der Waals surface area contributed by atoms with Gasteiger partial charge in [0.05, 0.1) is 23.6 Å². The molecule has 5 rings (SSSR count). The second kappa shape index (κ2) is 12.1. The van der Waals surface area contributed by atoms with Crippen molar-refractivity contribution in [2.45, 2.75) is 38.3 Å². The number of hydrogen-bond acceptors (Lipinski definition) is 7. The van der Waals surface area contributed by atoms with E-state index < -0.39 is 15.8 Å². The largest absolute Gasteiger partial charge is 0.487 e. The molecule has 0 bridgehead atoms. The van der Waals surface area contributed by atoms with Gasteiger partial charge in [0.2, 0.25) is 0 Å². The number of carbonyl (C=O) groups is 1. The predicted molar refractivity (Wildman–Crippen MR) is 158 cm³/mol. The first-order valence-corrected chi connectivity index (χ1v) is 14.8. The number of para-hydroxylation sites is 1. The number of benzene rings is 3. The molecule has 0 radical (unpaired) electrons. The number of hydrogen-bond donors (Lipinski definition) is 1.